The second-order valence-electron chi connectivity index (χ2n) is 6.83. The topological polar surface area (TPSA) is 114 Å². The quantitative estimate of drug-likeness (QED) is 0.634. The maximum atomic E-state index is 12.1. The third-order valence-electron chi connectivity index (χ3n) is 4.91. The van der Waals surface area contributed by atoms with Crippen LogP contribution in [-0.2, 0) is 4.79 Å². The zero-order chi connectivity index (χ0) is 20.6. The third kappa shape index (κ3) is 3.32. The number of amides is 1. The number of likely N-dealkylation sites (N-methyl/N-ethyl adjacent to an activating group) is 1. The molecule has 8 heteroatoms. The van der Waals surface area contributed by atoms with Gasteiger partial charge >= 0.3 is 0 Å². The van der Waals surface area contributed by atoms with Crippen LogP contribution in [0.3, 0.4) is 0 Å². The number of nitrogens with zero attached hydrogens (tertiary/aromatic N) is 4. The number of methoxy groups -OCH3 is 1. The van der Waals surface area contributed by atoms with Gasteiger partial charge in [0, 0.05) is 31.1 Å². The van der Waals surface area contributed by atoms with Crippen LogP contribution in [0.1, 0.15) is 12.0 Å². The summed E-state index contributed by atoms with van der Waals surface area (Å²) in [7, 11) is 3.22. The Bertz CT molecular complexity index is 1180. The van der Waals surface area contributed by atoms with E-state index in [0.29, 0.717) is 40.1 Å². The van der Waals surface area contributed by atoms with E-state index in [9.17, 15) is 9.90 Å². The van der Waals surface area contributed by atoms with Crippen molar-refractivity contribution in [2.45, 2.75) is 12.0 Å². The summed E-state index contributed by atoms with van der Waals surface area (Å²) in [4.78, 5) is 26.3. The lowest BCUT2D eigenvalue weighted by atomic mass is 10.0. The number of aliphatic hydroxyl groups is 1. The SMILES string of the molecule is COc1ccc(C#C[C@]2(O)CCN(C)C2=O)cc1-c1ccc2ncnc(N)c2n1. The monoisotopic (exact) mass is 389 g/mol. The first-order valence-electron chi connectivity index (χ1n) is 8.98. The van der Waals surface area contributed by atoms with Gasteiger partial charge < -0.3 is 20.5 Å². The van der Waals surface area contributed by atoms with Crippen LogP contribution in [0.5, 0.6) is 5.75 Å². The number of nitrogen functional groups attached to an aromatic ring is 1. The molecule has 8 nitrogen and oxygen atoms in total. The van der Waals surface area contributed by atoms with Gasteiger partial charge in [0.2, 0.25) is 5.60 Å². The minimum absolute atomic E-state index is 0.282. The van der Waals surface area contributed by atoms with Gasteiger partial charge in [-0.2, -0.15) is 0 Å². The molecule has 29 heavy (non-hydrogen) atoms. The number of carbonyl (C=O) groups is 1. The Morgan fingerprint density at radius 1 is 1.28 bits per heavy atom. The molecule has 1 aliphatic rings. The molecule has 3 aromatic rings. The second-order valence-corrected chi connectivity index (χ2v) is 6.83. The number of nitrogens with two attached hydrogens (primary N) is 1. The van der Waals surface area contributed by atoms with Crippen molar-refractivity contribution in [1.29, 1.82) is 0 Å². The number of carbonyl (C=O) groups excluding carboxylic acids is 1. The van der Waals surface area contributed by atoms with Gasteiger partial charge in [-0.15, -0.1) is 0 Å². The Hall–Kier alpha value is -3.70. The highest BCUT2D eigenvalue weighted by atomic mass is 16.5. The molecule has 3 N–H and O–H groups in total. The number of rotatable bonds is 2. The molecule has 3 heterocycles. The lowest BCUT2D eigenvalue weighted by Crippen LogP contribution is -2.37. The summed E-state index contributed by atoms with van der Waals surface area (Å²) in [5.74, 6) is 6.14. The Kier molecular flexibility index (Phi) is 4.53. The molecule has 146 valence electrons. The largest absolute Gasteiger partial charge is 0.496 e. The maximum Gasteiger partial charge on any atom is 0.267 e. The van der Waals surface area contributed by atoms with Crippen LogP contribution in [0.4, 0.5) is 5.82 Å². The van der Waals surface area contributed by atoms with Gasteiger partial charge in [-0.3, -0.25) is 4.79 Å². The predicted octanol–water partition coefficient (Wildman–Crippen LogP) is 1.23. The fourth-order valence-corrected chi connectivity index (χ4v) is 3.24. The normalized spacial score (nSPS) is 18.6. The molecule has 0 aliphatic carbocycles. The van der Waals surface area contributed by atoms with Gasteiger partial charge in [-0.1, -0.05) is 11.8 Å². The van der Waals surface area contributed by atoms with E-state index in [1.807, 2.05) is 12.1 Å². The molecule has 0 spiro atoms. The fraction of sp³-hybridized carbons (Fsp3) is 0.238. The molecular weight excluding hydrogens is 370 g/mol. The number of fused-ring (bicyclic) bond motifs is 1. The summed E-state index contributed by atoms with van der Waals surface area (Å²) in [6.07, 6.45) is 1.67. The van der Waals surface area contributed by atoms with E-state index in [0.717, 1.165) is 0 Å². The number of hydrogen-bond donors (Lipinski definition) is 2. The van der Waals surface area contributed by atoms with Gasteiger partial charge in [-0.25, -0.2) is 15.0 Å². The van der Waals surface area contributed by atoms with E-state index in [4.69, 9.17) is 10.5 Å². The van der Waals surface area contributed by atoms with Crippen molar-refractivity contribution in [3.8, 4) is 28.8 Å². The first-order chi connectivity index (χ1) is 13.9. The first kappa shape index (κ1) is 18.7. The van der Waals surface area contributed by atoms with E-state index in [-0.39, 0.29) is 18.1 Å². The van der Waals surface area contributed by atoms with Gasteiger partial charge in [0.15, 0.2) is 5.82 Å². The highest BCUT2D eigenvalue weighted by molar-refractivity contribution is 5.90. The number of benzene rings is 1. The average molecular weight is 389 g/mol. The number of pyridine rings is 1. The van der Waals surface area contributed by atoms with Crippen molar-refractivity contribution >= 4 is 22.8 Å². The van der Waals surface area contributed by atoms with Crippen molar-refractivity contribution in [3.63, 3.8) is 0 Å². The van der Waals surface area contributed by atoms with E-state index >= 15 is 0 Å². The highest BCUT2D eigenvalue weighted by Gasteiger charge is 2.42. The summed E-state index contributed by atoms with van der Waals surface area (Å²) in [5, 5.41) is 10.5. The Labute approximate surface area is 167 Å². The van der Waals surface area contributed by atoms with Crippen molar-refractivity contribution in [1.82, 2.24) is 19.9 Å². The highest BCUT2D eigenvalue weighted by Crippen LogP contribution is 2.31. The van der Waals surface area contributed by atoms with Crippen LogP contribution in [0, 0.1) is 11.8 Å². The minimum atomic E-state index is -1.65. The average Bonchev–Trinajstić information content (AvgIpc) is 3.00. The number of hydrogen-bond acceptors (Lipinski definition) is 7. The van der Waals surface area contributed by atoms with Crippen molar-refractivity contribution in [3.05, 3.63) is 42.2 Å². The molecule has 1 saturated heterocycles. The molecule has 4 rings (SSSR count). The van der Waals surface area contributed by atoms with Crippen LogP contribution in [0.2, 0.25) is 0 Å². The summed E-state index contributed by atoms with van der Waals surface area (Å²) in [5.41, 5.74) is 7.36. The van der Waals surface area contributed by atoms with Crippen molar-refractivity contribution < 1.29 is 14.6 Å². The fourth-order valence-electron chi connectivity index (χ4n) is 3.24. The van der Waals surface area contributed by atoms with Gasteiger partial charge in [0.25, 0.3) is 5.91 Å². The van der Waals surface area contributed by atoms with Crippen LogP contribution < -0.4 is 10.5 Å². The molecule has 1 aromatic carbocycles. The van der Waals surface area contributed by atoms with Gasteiger partial charge in [-0.05, 0) is 30.3 Å². The molecule has 0 saturated carbocycles. The third-order valence-corrected chi connectivity index (χ3v) is 4.91. The van der Waals surface area contributed by atoms with E-state index < -0.39 is 5.60 Å². The summed E-state index contributed by atoms with van der Waals surface area (Å²) >= 11 is 0. The molecule has 1 aliphatic heterocycles. The molecule has 2 aromatic heterocycles. The molecule has 1 fully saturated rings. The number of aromatic nitrogens is 3. The molecule has 1 atom stereocenters. The zero-order valence-electron chi connectivity index (χ0n) is 16.0. The standard InChI is InChI=1S/C21H19N5O3/c1-26-10-9-21(28,20(26)27)8-7-13-3-6-17(29-2)14(11-13)15-4-5-16-18(25-15)19(22)24-12-23-16/h3-6,11-12,28H,9-10H2,1-2H3,(H2,22,23,24)/t21-/m0/s1. The van der Waals surface area contributed by atoms with E-state index in [1.165, 1.54) is 11.2 Å². The lowest BCUT2D eigenvalue weighted by molar-refractivity contribution is -0.137. The minimum Gasteiger partial charge on any atom is -0.496 e. The number of likely N-dealkylation sites (tertiary alicyclic amines) is 1. The summed E-state index contributed by atoms with van der Waals surface area (Å²) < 4.78 is 5.47. The molecule has 0 unspecified atom stereocenters. The Morgan fingerprint density at radius 2 is 2.10 bits per heavy atom. The smallest absolute Gasteiger partial charge is 0.267 e. The van der Waals surface area contributed by atoms with E-state index in [2.05, 4.69) is 26.8 Å². The predicted molar refractivity (Wildman–Crippen MR) is 108 cm³/mol. The lowest BCUT2D eigenvalue weighted by Gasteiger charge is -2.13. The Morgan fingerprint density at radius 3 is 2.83 bits per heavy atom. The Balaban J connectivity index is 1.77. The van der Waals surface area contributed by atoms with Crippen LogP contribution >= 0.6 is 0 Å². The van der Waals surface area contributed by atoms with Crippen LogP contribution in [0.25, 0.3) is 22.3 Å². The second kappa shape index (κ2) is 7.04. The number of anilines is 1. The zero-order valence-corrected chi connectivity index (χ0v) is 16.0. The van der Waals surface area contributed by atoms with Crippen molar-refractivity contribution in [2.75, 3.05) is 26.4 Å². The first-order valence-corrected chi connectivity index (χ1v) is 8.98. The van der Waals surface area contributed by atoms with Gasteiger partial charge in [0.05, 0.1) is 18.3 Å². The molecule has 0 radical (unpaired) electrons. The molecule has 1 amide bonds. The summed E-state index contributed by atoms with van der Waals surface area (Å²) in [6.45, 7) is 0.475. The van der Waals surface area contributed by atoms with Crippen molar-refractivity contribution in [2.24, 2.45) is 0 Å². The van der Waals surface area contributed by atoms with Gasteiger partial charge in [0.1, 0.15) is 17.6 Å². The molecular formula is C21H19N5O3. The number of ether oxygens (including phenoxy) is 1. The maximum absolute atomic E-state index is 12.1. The van der Waals surface area contributed by atoms with Crippen LogP contribution in [0.15, 0.2) is 36.7 Å². The van der Waals surface area contributed by atoms with E-state index in [1.54, 1.807) is 32.4 Å². The van der Waals surface area contributed by atoms with Crippen LogP contribution in [-0.4, -0.2) is 57.2 Å². The summed E-state index contributed by atoms with van der Waals surface area (Å²) in [6, 6.07) is 8.95. The molecule has 0 bridgehead atoms.